The first-order valence-electron chi connectivity index (χ1n) is 6.27. The standard InChI is InChI=1S/C15H12ClF2NS/c16-9-1-4-15-11(7-9)13(5-6-20-15)19-14-8-10(17)2-3-12(14)18/h1-4,7-8,13,19H,5-6H2. The molecule has 0 bridgehead atoms. The summed E-state index contributed by atoms with van der Waals surface area (Å²) in [5.41, 5.74) is 1.23. The lowest BCUT2D eigenvalue weighted by Crippen LogP contribution is -2.17. The Kier molecular flexibility index (Phi) is 3.85. The molecule has 1 nitrogen and oxygen atoms in total. The molecule has 20 heavy (non-hydrogen) atoms. The van der Waals surface area contributed by atoms with E-state index in [4.69, 9.17) is 11.6 Å². The fraction of sp³-hybridized carbons (Fsp3) is 0.200. The van der Waals surface area contributed by atoms with Crippen LogP contribution in [0.4, 0.5) is 14.5 Å². The topological polar surface area (TPSA) is 12.0 Å². The van der Waals surface area contributed by atoms with Crippen molar-refractivity contribution in [3.63, 3.8) is 0 Å². The van der Waals surface area contributed by atoms with Crippen LogP contribution in [-0.4, -0.2) is 5.75 Å². The molecule has 0 amide bonds. The number of thioether (sulfide) groups is 1. The number of rotatable bonds is 2. The fourth-order valence-electron chi connectivity index (χ4n) is 2.31. The second kappa shape index (κ2) is 5.62. The van der Waals surface area contributed by atoms with Gasteiger partial charge in [-0.2, -0.15) is 0 Å². The maximum absolute atomic E-state index is 13.7. The molecule has 1 unspecified atom stereocenters. The molecule has 1 atom stereocenters. The van der Waals surface area contributed by atoms with Crippen LogP contribution in [0.3, 0.4) is 0 Å². The third kappa shape index (κ3) is 2.76. The lowest BCUT2D eigenvalue weighted by molar-refractivity contribution is 0.597. The van der Waals surface area contributed by atoms with E-state index < -0.39 is 11.6 Å². The van der Waals surface area contributed by atoms with Gasteiger partial charge in [0.2, 0.25) is 0 Å². The minimum absolute atomic E-state index is 0.0544. The van der Waals surface area contributed by atoms with Gasteiger partial charge >= 0.3 is 0 Å². The Morgan fingerprint density at radius 2 is 2.00 bits per heavy atom. The molecule has 104 valence electrons. The van der Waals surface area contributed by atoms with Gasteiger partial charge in [-0.15, -0.1) is 11.8 Å². The molecular formula is C15H12ClF2NS. The first-order chi connectivity index (χ1) is 9.63. The van der Waals surface area contributed by atoms with Crippen LogP contribution in [0, 0.1) is 11.6 Å². The summed E-state index contributed by atoms with van der Waals surface area (Å²) in [6.45, 7) is 0. The molecular weight excluding hydrogens is 300 g/mol. The van der Waals surface area contributed by atoms with Crippen molar-refractivity contribution in [2.45, 2.75) is 17.4 Å². The summed E-state index contributed by atoms with van der Waals surface area (Å²) in [7, 11) is 0. The van der Waals surface area contributed by atoms with Gasteiger partial charge in [-0.25, -0.2) is 8.78 Å². The molecule has 1 N–H and O–H groups in total. The summed E-state index contributed by atoms with van der Waals surface area (Å²) in [6.07, 6.45) is 0.841. The largest absolute Gasteiger partial charge is 0.376 e. The van der Waals surface area contributed by atoms with Crippen LogP contribution in [-0.2, 0) is 0 Å². The zero-order valence-electron chi connectivity index (χ0n) is 10.5. The molecule has 1 aliphatic heterocycles. The first kappa shape index (κ1) is 13.7. The Hall–Kier alpha value is -1.26. The van der Waals surface area contributed by atoms with Crippen LogP contribution in [0.25, 0.3) is 0 Å². The average Bonchev–Trinajstić information content (AvgIpc) is 2.43. The molecule has 0 spiro atoms. The summed E-state index contributed by atoms with van der Waals surface area (Å²) >= 11 is 7.78. The van der Waals surface area contributed by atoms with E-state index in [9.17, 15) is 8.78 Å². The molecule has 2 aromatic carbocycles. The third-order valence-corrected chi connectivity index (χ3v) is 4.63. The van der Waals surface area contributed by atoms with E-state index in [1.165, 1.54) is 6.07 Å². The van der Waals surface area contributed by atoms with Gasteiger partial charge in [-0.05, 0) is 48.4 Å². The molecule has 0 aromatic heterocycles. The van der Waals surface area contributed by atoms with Crippen molar-refractivity contribution in [1.29, 1.82) is 0 Å². The monoisotopic (exact) mass is 311 g/mol. The molecule has 0 aliphatic carbocycles. The van der Waals surface area contributed by atoms with Crippen molar-refractivity contribution in [3.8, 4) is 0 Å². The van der Waals surface area contributed by atoms with Crippen molar-refractivity contribution in [1.82, 2.24) is 0 Å². The van der Waals surface area contributed by atoms with E-state index >= 15 is 0 Å². The number of benzene rings is 2. The van der Waals surface area contributed by atoms with Gasteiger partial charge in [0.25, 0.3) is 0 Å². The minimum Gasteiger partial charge on any atom is -0.376 e. The Bertz CT molecular complexity index is 648. The SMILES string of the molecule is Fc1ccc(F)c(NC2CCSc3ccc(Cl)cc32)c1. The predicted molar refractivity (Wildman–Crippen MR) is 79.5 cm³/mol. The Labute approximate surface area is 125 Å². The van der Waals surface area contributed by atoms with Gasteiger partial charge in [-0.1, -0.05) is 11.6 Å². The van der Waals surface area contributed by atoms with Crippen LogP contribution >= 0.6 is 23.4 Å². The Morgan fingerprint density at radius 1 is 1.15 bits per heavy atom. The second-order valence-corrected chi connectivity index (χ2v) is 6.21. The van der Waals surface area contributed by atoms with E-state index in [1.807, 2.05) is 18.2 Å². The third-order valence-electron chi connectivity index (χ3n) is 3.27. The highest BCUT2D eigenvalue weighted by atomic mass is 35.5. The zero-order chi connectivity index (χ0) is 14.1. The molecule has 2 aromatic rings. The Morgan fingerprint density at radius 3 is 2.85 bits per heavy atom. The van der Waals surface area contributed by atoms with E-state index in [1.54, 1.807) is 11.8 Å². The van der Waals surface area contributed by atoms with Crippen molar-refractivity contribution in [3.05, 3.63) is 58.6 Å². The molecule has 0 fully saturated rings. The average molecular weight is 312 g/mol. The highest BCUT2D eigenvalue weighted by molar-refractivity contribution is 7.99. The van der Waals surface area contributed by atoms with Gasteiger partial charge in [-0.3, -0.25) is 0 Å². The first-order valence-corrected chi connectivity index (χ1v) is 7.63. The van der Waals surface area contributed by atoms with Crippen LogP contribution < -0.4 is 5.32 Å². The van der Waals surface area contributed by atoms with Crippen LogP contribution in [0.2, 0.25) is 5.02 Å². The van der Waals surface area contributed by atoms with E-state index in [-0.39, 0.29) is 11.7 Å². The van der Waals surface area contributed by atoms with Gasteiger partial charge in [0, 0.05) is 15.7 Å². The van der Waals surface area contributed by atoms with Crippen molar-refractivity contribution < 1.29 is 8.78 Å². The Balaban J connectivity index is 1.93. The van der Waals surface area contributed by atoms with E-state index in [0.717, 1.165) is 34.8 Å². The number of hydrogen-bond donors (Lipinski definition) is 1. The maximum atomic E-state index is 13.7. The quantitative estimate of drug-likeness (QED) is 0.811. The van der Waals surface area contributed by atoms with Gasteiger partial charge in [0.1, 0.15) is 11.6 Å². The molecule has 0 saturated carbocycles. The van der Waals surface area contributed by atoms with Crippen LogP contribution in [0.1, 0.15) is 18.0 Å². The number of hydrogen-bond acceptors (Lipinski definition) is 2. The molecule has 0 radical (unpaired) electrons. The van der Waals surface area contributed by atoms with Gasteiger partial charge < -0.3 is 5.32 Å². The van der Waals surface area contributed by atoms with E-state index in [0.29, 0.717) is 5.02 Å². The number of anilines is 1. The van der Waals surface area contributed by atoms with Crippen molar-refractivity contribution >= 4 is 29.1 Å². The molecule has 1 aliphatic rings. The summed E-state index contributed by atoms with van der Waals surface area (Å²) in [6, 6.07) is 9.08. The number of nitrogens with one attached hydrogen (secondary N) is 1. The summed E-state index contributed by atoms with van der Waals surface area (Å²) in [5.74, 6) is 0.0297. The molecule has 1 heterocycles. The number of halogens is 3. The van der Waals surface area contributed by atoms with E-state index in [2.05, 4.69) is 5.32 Å². The maximum Gasteiger partial charge on any atom is 0.146 e. The fourth-order valence-corrected chi connectivity index (χ4v) is 3.60. The van der Waals surface area contributed by atoms with Crippen molar-refractivity contribution in [2.75, 3.05) is 11.1 Å². The highest BCUT2D eigenvalue weighted by Gasteiger charge is 2.22. The lowest BCUT2D eigenvalue weighted by atomic mass is 10.0. The van der Waals surface area contributed by atoms with Gasteiger partial charge in [0.05, 0.1) is 11.7 Å². The molecule has 5 heteroatoms. The number of fused-ring (bicyclic) bond motifs is 1. The predicted octanol–water partition coefficient (Wildman–Crippen LogP) is 5.27. The van der Waals surface area contributed by atoms with Crippen molar-refractivity contribution in [2.24, 2.45) is 0 Å². The summed E-state index contributed by atoms with van der Waals surface area (Å²) in [4.78, 5) is 1.13. The second-order valence-electron chi connectivity index (χ2n) is 4.64. The zero-order valence-corrected chi connectivity index (χ0v) is 12.1. The summed E-state index contributed by atoms with van der Waals surface area (Å²) < 4.78 is 26.9. The minimum atomic E-state index is -0.453. The molecule has 0 saturated heterocycles. The van der Waals surface area contributed by atoms with Gasteiger partial charge in [0.15, 0.2) is 0 Å². The van der Waals surface area contributed by atoms with Crippen LogP contribution in [0.5, 0.6) is 0 Å². The molecule has 3 rings (SSSR count). The smallest absolute Gasteiger partial charge is 0.146 e. The van der Waals surface area contributed by atoms with Crippen LogP contribution in [0.15, 0.2) is 41.3 Å². The summed E-state index contributed by atoms with van der Waals surface area (Å²) in [5, 5.41) is 3.74. The lowest BCUT2D eigenvalue weighted by Gasteiger charge is -2.27. The highest BCUT2D eigenvalue weighted by Crippen LogP contribution is 2.39. The normalized spacial score (nSPS) is 17.6.